The Morgan fingerprint density at radius 1 is 0.548 bits per heavy atom. The second-order valence-corrected chi connectivity index (χ2v) is 10.0. The zero-order valence-electron chi connectivity index (χ0n) is 16.1. The van der Waals surface area contributed by atoms with Gasteiger partial charge < -0.3 is 0 Å². The van der Waals surface area contributed by atoms with Crippen molar-refractivity contribution in [2.24, 2.45) is 0 Å². The van der Waals surface area contributed by atoms with Crippen molar-refractivity contribution in [1.82, 2.24) is 0 Å². The molecule has 0 unspecified atom stereocenters. The molecule has 1 heterocycles. The lowest BCUT2D eigenvalue weighted by Gasteiger charge is -2.07. The van der Waals surface area contributed by atoms with Crippen LogP contribution in [0.15, 0.2) is 81.7 Å². The Labute approximate surface area is 199 Å². The van der Waals surface area contributed by atoms with Gasteiger partial charge in [0.15, 0.2) is 12.6 Å². The van der Waals surface area contributed by atoms with Crippen molar-refractivity contribution in [3.63, 3.8) is 0 Å². The number of carbonyl (C=O) groups excluding carboxylic acids is 2. The lowest BCUT2D eigenvalue weighted by atomic mass is 9.96. The molecule has 0 bridgehead atoms. The molecule has 1 aromatic heterocycles. The van der Waals surface area contributed by atoms with Crippen LogP contribution in [0, 0.1) is 0 Å². The normalized spacial score (nSPS) is 11.2. The maximum absolute atomic E-state index is 12.2. The largest absolute Gasteiger partial charge is 0.298 e. The third-order valence-corrected chi connectivity index (χ3v) is 7.78. The van der Waals surface area contributed by atoms with E-state index >= 15 is 0 Å². The van der Waals surface area contributed by atoms with Crippen LogP contribution in [0.2, 0.25) is 0 Å². The van der Waals surface area contributed by atoms with Crippen LogP contribution in [-0.2, 0) is 0 Å². The van der Waals surface area contributed by atoms with E-state index in [0.29, 0.717) is 11.1 Å². The zero-order chi connectivity index (χ0) is 21.5. The Morgan fingerprint density at radius 3 is 1.29 bits per heavy atom. The minimum atomic E-state index is 0.656. The van der Waals surface area contributed by atoms with Crippen LogP contribution < -0.4 is 0 Å². The van der Waals surface area contributed by atoms with Gasteiger partial charge in [0.1, 0.15) is 0 Å². The predicted molar refractivity (Wildman–Crippen MR) is 136 cm³/mol. The van der Waals surface area contributed by atoms with Crippen molar-refractivity contribution in [3.8, 4) is 22.3 Å². The molecule has 4 aromatic carbocycles. The third-order valence-electron chi connectivity index (χ3n) is 5.43. The summed E-state index contributed by atoms with van der Waals surface area (Å²) in [5, 5.41) is 1.99. The highest BCUT2D eigenvalue weighted by Crippen LogP contribution is 2.42. The van der Waals surface area contributed by atoms with E-state index in [9.17, 15) is 9.59 Å². The molecule has 31 heavy (non-hydrogen) atoms. The first kappa shape index (κ1) is 20.3. The molecule has 0 amide bonds. The molecule has 0 saturated carbocycles. The quantitative estimate of drug-likeness (QED) is 0.210. The Hall–Kier alpha value is -2.60. The molecule has 0 atom stereocenters. The summed E-state index contributed by atoms with van der Waals surface area (Å²) in [4.78, 5) is 24.3. The third kappa shape index (κ3) is 3.47. The van der Waals surface area contributed by atoms with Gasteiger partial charge in [0.2, 0.25) is 0 Å². The lowest BCUT2D eigenvalue weighted by molar-refractivity contribution is 0.111. The lowest BCUT2D eigenvalue weighted by Crippen LogP contribution is -1.88. The molecule has 0 fully saturated rings. The van der Waals surface area contributed by atoms with E-state index in [4.69, 9.17) is 0 Å². The molecule has 0 N–H and O–H groups in total. The molecule has 0 radical (unpaired) electrons. The van der Waals surface area contributed by atoms with Gasteiger partial charge in [-0.2, -0.15) is 0 Å². The van der Waals surface area contributed by atoms with Gasteiger partial charge >= 0.3 is 0 Å². The molecule has 0 saturated heterocycles. The number of thiophene rings is 1. The van der Waals surface area contributed by atoms with Crippen molar-refractivity contribution >= 4 is 75.9 Å². The van der Waals surface area contributed by atoms with Crippen molar-refractivity contribution in [2.45, 2.75) is 0 Å². The average Bonchev–Trinajstić information content (AvgIpc) is 3.17. The number of benzene rings is 4. The molecule has 5 heteroatoms. The highest BCUT2D eigenvalue weighted by atomic mass is 79.9. The van der Waals surface area contributed by atoms with E-state index < -0.39 is 0 Å². The predicted octanol–water partition coefficient (Wildman–Crippen LogP) is 8.54. The fraction of sp³-hybridized carbons (Fsp3) is 0. The molecule has 0 aliphatic heterocycles. The molecule has 2 nitrogen and oxygen atoms in total. The topological polar surface area (TPSA) is 34.1 Å². The number of halogens is 2. The van der Waals surface area contributed by atoms with E-state index in [1.807, 2.05) is 72.8 Å². The number of fused-ring (bicyclic) bond motifs is 3. The van der Waals surface area contributed by atoms with Crippen LogP contribution in [0.5, 0.6) is 0 Å². The minimum Gasteiger partial charge on any atom is -0.298 e. The number of hydrogen-bond donors (Lipinski definition) is 0. The monoisotopic (exact) mass is 548 g/mol. The van der Waals surface area contributed by atoms with Gasteiger partial charge in [-0.25, -0.2) is 0 Å². The van der Waals surface area contributed by atoms with Crippen LogP contribution in [0.3, 0.4) is 0 Å². The van der Waals surface area contributed by atoms with Crippen molar-refractivity contribution < 1.29 is 9.59 Å². The van der Waals surface area contributed by atoms with E-state index in [1.54, 1.807) is 0 Å². The van der Waals surface area contributed by atoms with Gasteiger partial charge in [-0.05, 0) is 46.5 Å². The van der Waals surface area contributed by atoms with Gasteiger partial charge in [0.25, 0.3) is 0 Å². The van der Waals surface area contributed by atoms with Crippen LogP contribution in [-0.4, -0.2) is 12.6 Å². The Balaban J connectivity index is 1.79. The van der Waals surface area contributed by atoms with Gasteiger partial charge in [-0.15, -0.1) is 11.3 Å². The van der Waals surface area contributed by atoms with Gasteiger partial charge in [-0.1, -0.05) is 80.4 Å². The van der Waals surface area contributed by atoms with E-state index in [1.165, 1.54) is 11.3 Å². The van der Waals surface area contributed by atoms with Gasteiger partial charge in [0, 0.05) is 40.2 Å². The smallest absolute Gasteiger partial charge is 0.152 e. The van der Waals surface area contributed by atoms with Crippen molar-refractivity contribution in [2.75, 3.05) is 0 Å². The molecular weight excluding hydrogens is 536 g/mol. The number of hydrogen-bond acceptors (Lipinski definition) is 3. The summed E-state index contributed by atoms with van der Waals surface area (Å²) in [6, 6.07) is 23.9. The Morgan fingerprint density at radius 2 is 0.935 bits per heavy atom. The average molecular weight is 550 g/mol. The molecular formula is C26H14Br2O2S. The highest BCUT2D eigenvalue weighted by molar-refractivity contribution is 9.10. The van der Waals surface area contributed by atoms with Crippen molar-refractivity contribution in [3.05, 3.63) is 92.9 Å². The molecule has 0 spiro atoms. The van der Waals surface area contributed by atoms with Crippen LogP contribution >= 0.6 is 43.2 Å². The maximum Gasteiger partial charge on any atom is 0.152 e. The minimum absolute atomic E-state index is 0.656. The molecule has 0 aliphatic carbocycles. The standard InChI is InChI=1S/C26H14Br2O2S/c27-17-5-1-15(2-6-17)19-9-11-21-22-12-10-20(16-3-7-18(28)8-4-16)24(14-30)26(22)31-25(21)23(19)13-29/h1-14H. The van der Waals surface area contributed by atoms with Crippen LogP contribution in [0.25, 0.3) is 42.4 Å². The van der Waals surface area contributed by atoms with Gasteiger partial charge in [-0.3, -0.25) is 9.59 Å². The summed E-state index contributed by atoms with van der Waals surface area (Å²) in [6.45, 7) is 0. The summed E-state index contributed by atoms with van der Waals surface area (Å²) < 4.78 is 3.79. The first-order valence-corrected chi connectivity index (χ1v) is 12.0. The molecule has 150 valence electrons. The maximum atomic E-state index is 12.2. The zero-order valence-corrected chi connectivity index (χ0v) is 20.1. The highest BCUT2D eigenvalue weighted by Gasteiger charge is 2.18. The summed E-state index contributed by atoms with van der Waals surface area (Å²) in [5.74, 6) is 0. The SMILES string of the molecule is O=Cc1c(-c2ccc(Br)cc2)ccc2c1sc1c(C=O)c(-c3ccc(Br)cc3)ccc12. The van der Waals surface area contributed by atoms with Crippen LogP contribution in [0.4, 0.5) is 0 Å². The Kier molecular flexibility index (Phi) is 5.34. The summed E-state index contributed by atoms with van der Waals surface area (Å²) in [7, 11) is 0. The fourth-order valence-corrected chi connectivity index (χ4v) is 5.79. The van der Waals surface area contributed by atoms with Crippen LogP contribution in [0.1, 0.15) is 20.7 Å². The number of carbonyl (C=O) groups is 2. The van der Waals surface area contributed by atoms with E-state index in [-0.39, 0.29) is 0 Å². The summed E-state index contributed by atoms with van der Waals surface area (Å²) in [5.41, 5.74) is 5.06. The molecule has 5 aromatic rings. The number of aldehydes is 2. The van der Waals surface area contributed by atoms with E-state index in [0.717, 1.165) is 63.9 Å². The summed E-state index contributed by atoms with van der Waals surface area (Å²) >= 11 is 8.43. The van der Waals surface area contributed by atoms with Gasteiger partial charge in [0.05, 0.1) is 0 Å². The fourth-order valence-electron chi connectivity index (χ4n) is 3.94. The number of rotatable bonds is 4. The molecule has 0 aliphatic rings. The first-order valence-electron chi connectivity index (χ1n) is 9.55. The van der Waals surface area contributed by atoms with Crippen molar-refractivity contribution in [1.29, 1.82) is 0 Å². The second-order valence-electron chi connectivity index (χ2n) is 7.16. The molecule has 5 rings (SSSR count). The second kappa shape index (κ2) is 8.15. The van der Waals surface area contributed by atoms with E-state index in [2.05, 4.69) is 31.9 Å². The summed E-state index contributed by atoms with van der Waals surface area (Å²) in [6.07, 6.45) is 1.84. The first-order chi connectivity index (χ1) is 15.1. The Bertz CT molecular complexity index is 1350.